The predicted octanol–water partition coefficient (Wildman–Crippen LogP) is 3.33. The van der Waals surface area contributed by atoms with Crippen molar-refractivity contribution in [1.29, 1.82) is 0 Å². The molecule has 0 saturated carbocycles. The van der Waals surface area contributed by atoms with Crippen molar-refractivity contribution in [3.05, 3.63) is 29.8 Å². The molecular formula is C16H27NO2S. The van der Waals surface area contributed by atoms with Crippen molar-refractivity contribution in [2.24, 2.45) is 0 Å². The fraction of sp³-hybridized carbons (Fsp3) is 0.625. The zero-order valence-corrected chi connectivity index (χ0v) is 13.7. The van der Waals surface area contributed by atoms with Crippen LogP contribution in [-0.2, 0) is 16.0 Å². The highest BCUT2D eigenvalue weighted by molar-refractivity contribution is 7.99. The molecule has 1 rings (SSSR count). The zero-order chi connectivity index (χ0) is 14.6. The SMILES string of the molecule is COCCCOCCSc1ccc(CNC(C)C)cc1. The molecule has 0 bridgehead atoms. The molecule has 1 N–H and O–H groups in total. The van der Waals surface area contributed by atoms with Crippen LogP contribution < -0.4 is 5.32 Å². The molecule has 0 fully saturated rings. The molecule has 0 aliphatic carbocycles. The third kappa shape index (κ3) is 8.59. The molecule has 0 aliphatic rings. The Balaban J connectivity index is 2.12. The van der Waals surface area contributed by atoms with E-state index in [1.54, 1.807) is 7.11 Å². The van der Waals surface area contributed by atoms with Crippen molar-refractivity contribution in [3.8, 4) is 0 Å². The van der Waals surface area contributed by atoms with Crippen LogP contribution in [0.3, 0.4) is 0 Å². The van der Waals surface area contributed by atoms with Crippen molar-refractivity contribution in [1.82, 2.24) is 5.32 Å². The van der Waals surface area contributed by atoms with Crippen LogP contribution in [0.25, 0.3) is 0 Å². The Morgan fingerprint density at radius 3 is 2.50 bits per heavy atom. The maximum atomic E-state index is 5.54. The minimum atomic E-state index is 0.527. The van der Waals surface area contributed by atoms with Gasteiger partial charge in [-0.1, -0.05) is 26.0 Å². The standard InChI is InChI=1S/C16H27NO2S/c1-14(2)17-13-15-5-7-16(8-6-15)20-12-11-19-10-4-9-18-3/h5-8,14,17H,4,9-13H2,1-3H3. The average molecular weight is 297 g/mol. The van der Waals surface area contributed by atoms with Gasteiger partial charge in [-0.05, 0) is 24.1 Å². The van der Waals surface area contributed by atoms with Crippen LogP contribution in [-0.4, -0.2) is 38.7 Å². The lowest BCUT2D eigenvalue weighted by atomic mass is 10.2. The summed E-state index contributed by atoms with van der Waals surface area (Å²) in [5.74, 6) is 0.997. The maximum absolute atomic E-state index is 5.54. The molecule has 0 aromatic heterocycles. The lowest BCUT2D eigenvalue weighted by molar-refractivity contribution is 0.113. The minimum absolute atomic E-state index is 0.527. The molecule has 20 heavy (non-hydrogen) atoms. The van der Waals surface area contributed by atoms with E-state index in [0.717, 1.165) is 38.5 Å². The first-order valence-electron chi connectivity index (χ1n) is 7.24. The van der Waals surface area contributed by atoms with Crippen LogP contribution in [0, 0.1) is 0 Å². The van der Waals surface area contributed by atoms with Gasteiger partial charge in [0.2, 0.25) is 0 Å². The van der Waals surface area contributed by atoms with Gasteiger partial charge in [-0.15, -0.1) is 11.8 Å². The molecule has 0 aliphatic heterocycles. The van der Waals surface area contributed by atoms with Crippen LogP contribution in [0.5, 0.6) is 0 Å². The summed E-state index contributed by atoms with van der Waals surface area (Å²) < 4.78 is 10.5. The van der Waals surface area contributed by atoms with Gasteiger partial charge in [0.15, 0.2) is 0 Å². The number of nitrogens with one attached hydrogen (secondary N) is 1. The molecule has 1 aromatic carbocycles. The Morgan fingerprint density at radius 1 is 1.10 bits per heavy atom. The largest absolute Gasteiger partial charge is 0.385 e. The van der Waals surface area contributed by atoms with E-state index in [1.165, 1.54) is 10.5 Å². The molecule has 0 spiro atoms. The molecular weight excluding hydrogens is 270 g/mol. The summed E-state index contributed by atoms with van der Waals surface area (Å²) in [6.07, 6.45) is 0.971. The van der Waals surface area contributed by atoms with Crippen molar-refractivity contribution in [2.45, 2.75) is 37.8 Å². The molecule has 1 aromatic rings. The Bertz CT molecular complexity index is 341. The summed E-state index contributed by atoms with van der Waals surface area (Å²) in [5, 5.41) is 3.42. The van der Waals surface area contributed by atoms with E-state index in [4.69, 9.17) is 9.47 Å². The Morgan fingerprint density at radius 2 is 1.85 bits per heavy atom. The van der Waals surface area contributed by atoms with E-state index in [9.17, 15) is 0 Å². The van der Waals surface area contributed by atoms with Crippen LogP contribution >= 0.6 is 11.8 Å². The topological polar surface area (TPSA) is 30.5 Å². The number of methoxy groups -OCH3 is 1. The highest BCUT2D eigenvalue weighted by atomic mass is 32.2. The molecule has 0 saturated heterocycles. The number of hydrogen-bond acceptors (Lipinski definition) is 4. The van der Waals surface area contributed by atoms with Gasteiger partial charge in [0.05, 0.1) is 6.61 Å². The van der Waals surface area contributed by atoms with Gasteiger partial charge in [0.1, 0.15) is 0 Å². The maximum Gasteiger partial charge on any atom is 0.0560 e. The van der Waals surface area contributed by atoms with Crippen molar-refractivity contribution in [3.63, 3.8) is 0 Å². The first-order valence-corrected chi connectivity index (χ1v) is 8.22. The number of ether oxygens (including phenoxy) is 2. The number of hydrogen-bond donors (Lipinski definition) is 1. The van der Waals surface area contributed by atoms with Gasteiger partial charge in [-0.2, -0.15) is 0 Å². The van der Waals surface area contributed by atoms with E-state index >= 15 is 0 Å². The summed E-state index contributed by atoms with van der Waals surface area (Å²) in [7, 11) is 1.72. The predicted molar refractivity (Wildman–Crippen MR) is 86.5 cm³/mol. The molecule has 0 unspecified atom stereocenters. The lowest BCUT2D eigenvalue weighted by Crippen LogP contribution is -2.21. The lowest BCUT2D eigenvalue weighted by Gasteiger charge is -2.08. The smallest absolute Gasteiger partial charge is 0.0560 e. The van der Waals surface area contributed by atoms with Gasteiger partial charge in [0, 0.05) is 43.6 Å². The zero-order valence-electron chi connectivity index (χ0n) is 12.9. The normalized spacial score (nSPS) is 11.2. The third-order valence-electron chi connectivity index (χ3n) is 2.77. The first-order chi connectivity index (χ1) is 9.72. The van der Waals surface area contributed by atoms with Crippen molar-refractivity contribution < 1.29 is 9.47 Å². The quantitative estimate of drug-likeness (QED) is 0.501. The van der Waals surface area contributed by atoms with E-state index < -0.39 is 0 Å². The molecule has 114 valence electrons. The van der Waals surface area contributed by atoms with Crippen molar-refractivity contribution in [2.75, 3.05) is 32.7 Å². The molecule has 0 atom stereocenters. The van der Waals surface area contributed by atoms with Crippen LogP contribution in [0.15, 0.2) is 29.2 Å². The van der Waals surface area contributed by atoms with Gasteiger partial charge < -0.3 is 14.8 Å². The summed E-state index contributed by atoms with van der Waals surface area (Å²) in [4.78, 5) is 1.30. The summed E-state index contributed by atoms with van der Waals surface area (Å²) in [6.45, 7) is 7.62. The molecule has 0 heterocycles. The molecule has 3 nitrogen and oxygen atoms in total. The number of thioether (sulfide) groups is 1. The monoisotopic (exact) mass is 297 g/mol. The number of rotatable bonds is 11. The van der Waals surface area contributed by atoms with Gasteiger partial charge in [-0.3, -0.25) is 0 Å². The minimum Gasteiger partial charge on any atom is -0.385 e. The highest BCUT2D eigenvalue weighted by Crippen LogP contribution is 2.18. The first kappa shape index (κ1) is 17.5. The Kier molecular flexibility index (Phi) is 9.75. The average Bonchev–Trinajstić information content (AvgIpc) is 2.45. The van der Waals surface area contributed by atoms with Crippen molar-refractivity contribution >= 4 is 11.8 Å². The van der Waals surface area contributed by atoms with Crippen LogP contribution in [0.4, 0.5) is 0 Å². The number of benzene rings is 1. The van der Waals surface area contributed by atoms with Crippen LogP contribution in [0.1, 0.15) is 25.8 Å². The van der Waals surface area contributed by atoms with Crippen LogP contribution in [0.2, 0.25) is 0 Å². The third-order valence-corrected chi connectivity index (χ3v) is 3.75. The summed E-state index contributed by atoms with van der Waals surface area (Å²) in [5.41, 5.74) is 1.33. The fourth-order valence-corrected chi connectivity index (χ4v) is 2.42. The van der Waals surface area contributed by atoms with E-state index in [1.807, 2.05) is 11.8 Å². The Labute approximate surface area is 127 Å². The summed E-state index contributed by atoms with van der Waals surface area (Å²) in [6, 6.07) is 9.29. The van der Waals surface area contributed by atoms with E-state index in [2.05, 4.69) is 43.4 Å². The second-order valence-electron chi connectivity index (χ2n) is 4.99. The van der Waals surface area contributed by atoms with Gasteiger partial charge in [0.25, 0.3) is 0 Å². The summed E-state index contributed by atoms with van der Waals surface area (Å²) >= 11 is 1.84. The Hall–Kier alpha value is -0.550. The second kappa shape index (κ2) is 11.1. The highest BCUT2D eigenvalue weighted by Gasteiger charge is 1.98. The van der Waals surface area contributed by atoms with E-state index in [0.29, 0.717) is 6.04 Å². The second-order valence-corrected chi connectivity index (χ2v) is 6.16. The van der Waals surface area contributed by atoms with E-state index in [-0.39, 0.29) is 0 Å². The molecule has 4 heteroatoms. The van der Waals surface area contributed by atoms with Gasteiger partial charge >= 0.3 is 0 Å². The molecule has 0 amide bonds. The molecule has 0 radical (unpaired) electrons. The fourth-order valence-electron chi connectivity index (χ4n) is 1.65. The van der Waals surface area contributed by atoms with Gasteiger partial charge in [-0.25, -0.2) is 0 Å².